The molecule has 0 N–H and O–H groups in total. The number of anilines is 1. The molecular formula is C22H18N4. The number of aromatic nitrogens is 1. The maximum absolute atomic E-state index is 9.39. The summed E-state index contributed by atoms with van der Waals surface area (Å²) in [5, 5.41) is 21.1. The van der Waals surface area contributed by atoms with Gasteiger partial charge in [0.15, 0.2) is 0 Å². The van der Waals surface area contributed by atoms with E-state index in [0.29, 0.717) is 16.7 Å². The van der Waals surface area contributed by atoms with Crippen LogP contribution in [0.3, 0.4) is 0 Å². The molecule has 0 amide bonds. The zero-order chi connectivity index (χ0) is 17.9. The Morgan fingerprint density at radius 1 is 0.808 bits per heavy atom. The third-order valence-electron chi connectivity index (χ3n) is 5.02. The van der Waals surface area contributed by atoms with E-state index in [1.807, 2.05) is 12.1 Å². The lowest BCUT2D eigenvalue weighted by Crippen LogP contribution is -2.29. The van der Waals surface area contributed by atoms with Crippen molar-refractivity contribution in [2.75, 3.05) is 18.0 Å². The first kappa shape index (κ1) is 16.1. The van der Waals surface area contributed by atoms with E-state index in [9.17, 15) is 10.5 Å². The normalized spacial score (nSPS) is 14.0. The molecule has 0 saturated carbocycles. The number of hydrogen-bond acceptors (Lipinski definition) is 4. The summed E-state index contributed by atoms with van der Waals surface area (Å²) in [5.41, 5.74) is 3.65. The highest BCUT2D eigenvalue weighted by Gasteiger charge is 2.14. The molecule has 4 nitrogen and oxygen atoms in total. The van der Waals surface area contributed by atoms with E-state index in [2.05, 4.69) is 46.3 Å². The van der Waals surface area contributed by atoms with Crippen molar-refractivity contribution in [3.05, 3.63) is 59.9 Å². The topological polar surface area (TPSA) is 63.7 Å². The Labute approximate surface area is 152 Å². The second kappa shape index (κ2) is 6.86. The standard InChI is InChI=1S/C22H18N4/c23-12-19-14-25-15-20(13-24)22(19)18-5-4-17-11-21(7-6-16(17)10-18)26-8-2-1-3-9-26/h4-7,10-11,14-15H,1-3,8-9H2. The van der Waals surface area contributed by atoms with E-state index in [0.717, 1.165) is 24.0 Å². The molecule has 1 fully saturated rings. The van der Waals surface area contributed by atoms with Gasteiger partial charge in [-0.05, 0) is 53.8 Å². The molecule has 3 aromatic rings. The molecule has 0 aliphatic carbocycles. The summed E-state index contributed by atoms with van der Waals surface area (Å²) in [6.45, 7) is 2.25. The average molecular weight is 338 g/mol. The van der Waals surface area contributed by atoms with E-state index in [4.69, 9.17) is 0 Å². The van der Waals surface area contributed by atoms with Crippen LogP contribution in [0, 0.1) is 22.7 Å². The molecule has 2 aromatic carbocycles. The minimum atomic E-state index is 0.424. The lowest BCUT2D eigenvalue weighted by Gasteiger charge is -2.29. The van der Waals surface area contributed by atoms with Crippen LogP contribution in [0.1, 0.15) is 30.4 Å². The predicted octanol–water partition coefficient (Wildman–Crippen LogP) is 4.64. The van der Waals surface area contributed by atoms with Gasteiger partial charge in [-0.2, -0.15) is 10.5 Å². The molecule has 0 bridgehead atoms. The smallest absolute Gasteiger partial charge is 0.101 e. The van der Waals surface area contributed by atoms with Crippen molar-refractivity contribution in [3.8, 4) is 23.3 Å². The minimum absolute atomic E-state index is 0.424. The molecule has 0 atom stereocenters. The molecule has 1 aromatic heterocycles. The Balaban J connectivity index is 1.78. The summed E-state index contributed by atoms with van der Waals surface area (Å²) in [4.78, 5) is 6.43. The molecule has 4 heteroatoms. The van der Waals surface area contributed by atoms with Gasteiger partial charge in [0.2, 0.25) is 0 Å². The first-order valence-electron chi connectivity index (χ1n) is 8.87. The van der Waals surface area contributed by atoms with Crippen LogP contribution in [-0.2, 0) is 0 Å². The van der Waals surface area contributed by atoms with Gasteiger partial charge < -0.3 is 4.90 Å². The first-order valence-corrected chi connectivity index (χ1v) is 8.87. The van der Waals surface area contributed by atoms with Gasteiger partial charge in [-0.3, -0.25) is 4.98 Å². The van der Waals surface area contributed by atoms with E-state index in [1.165, 1.54) is 42.7 Å². The van der Waals surface area contributed by atoms with Crippen molar-refractivity contribution in [2.24, 2.45) is 0 Å². The SMILES string of the molecule is N#Cc1cncc(C#N)c1-c1ccc2cc(N3CCCCC3)ccc2c1. The fourth-order valence-corrected chi connectivity index (χ4v) is 3.68. The molecule has 126 valence electrons. The molecule has 1 saturated heterocycles. The quantitative estimate of drug-likeness (QED) is 0.683. The zero-order valence-electron chi connectivity index (χ0n) is 14.4. The fourth-order valence-electron chi connectivity index (χ4n) is 3.68. The van der Waals surface area contributed by atoms with Crippen LogP contribution < -0.4 is 4.90 Å². The van der Waals surface area contributed by atoms with Gasteiger partial charge in [0.25, 0.3) is 0 Å². The molecule has 1 aliphatic rings. The van der Waals surface area contributed by atoms with Crippen LogP contribution in [0.25, 0.3) is 21.9 Å². The molecule has 1 aliphatic heterocycles. The summed E-state index contributed by atoms with van der Waals surface area (Å²) >= 11 is 0. The number of pyridine rings is 1. The van der Waals surface area contributed by atoms with Crippen LogP contribution in [0.4, 0.5) is 5.69 Å². The number of nitriles is 2. The second-order valence-corrected chi connectivity index (χ2v) is 6.63. The van der Waals surface area contributed by atoms with Crippen LogP contribution in [0.2, 0.25) is 0 Å². The number of nitrogens with zero attached hydrogens (tertiary/aromatic N) is 4. The van der Waals surface area contributed by atoms with Crippen molar-refractivity contribution in [2.45, 2.75) is 19.3 Å². The van der Waals surface area contributed by atoms with Crippen molar-refractivity contribution in [3.63, 3.8) is 0 Å². The highest BCUT2D eigenvalue weighted by molar-refractivity contribution is 5.91. The van der Waals surface area contributed by atoms with Gasteiger partial charge >= 0.3 is 0 Å². The van der Waals surface area contributed by atoms with Crippen molar-refractivity contribution in [1.82, 2.24) is 4.98 Å². The molecular weight excluding hydrogens is 320 g/mol. The average Bonchev–Trinajstić information content (AvgIpc) is 2.73. The van der Waals surface area contributed by atoms with Gasteiger partial charge in [-0.15, -0.1) is 0 Å². The van der Waals surface area contributed by atoms with Gasteiger partial charge in [0.1, 0.15) is 12.1 Å². The van der Waals surface area contributed by atoms with E-state index < -0.39 is 0 Å². The largest absolute Gasteiger partial charge is 0.372 e. The van der Waals surface area contributed by atoms with E-state index in [-0.39, 0.29) is 0 Å². The van der Waals surface area contributed by atoms with Crippen LogP contribution in [0.5, 0.6) is 0 Å². The van der Waals surface area contributed by atoms with Crippen LogP contribution in [0.15, 0.2) is 48.8 Å². The summed E-state index contributed by atoms with van der Waals surface area (Å²) in [6, 6.07) is 16.9. The van der Waals surface area contributed by atoms with Gasteiger partial charge in [-0.25, -0.2) is 0 Å². The fraction of sp³-hybridized carbons (Fsp3) is 0.227. The number of piperidine rings is 1. The molecule has 0 unspecified atom stereocenters. The third kappa shape index (κ3) is 2.87. The monoisotopic (exact) mass is 338 g/mol. The Bertz CT molecular complexity index is 1020. The Hall–Kier alpha value is -3.37. The summed E-state index contributed by atoms with van der Waals surface area (Å²) < 4.78 is 0. The zero-order valence-corrected chi connectivity index (χ0v) is 14.4. The maximum Gasteiger partial charge on any atom is 0.101 e. The minimum Gasteiger partial charge on any atom is -0.372 e. The van der Waals surface area contributed by atoms with E-state index >= 15 is 0 Å². The number of benzene rings is 2. The molecule has 0 spiro atoms. The predicted molar refractivity (Wildman–Crippen MR) is 103 cm³/mol. The number of hydrogen-bond donors (Lipinski definition) is 0. The van der Waals surface area contributed by atoms with Crippen molar-refractivity contribution >= 4 is 16.5 Å². The lowest BCUT2D eigenvalue weighted by molar-refractivity contribution is 0.578. The van der Waals surface area contributed by atoms with Crippen molar-refractivity contribution < 1.29 is 0 Å². The molecule has 2 heterocycles. The first-order chi connectivity index (χ1) is 12.8. The van der Waals surface area contributed by atoms with E-state index in [1.54, 1.807) is 0 Å². The summed E-state index contributed by atoms with van der Waals surface area (Å²) in [6.07, 6.45) is 6.86. The lowest BCUT2D eigenvalue weighted by atomic mass is 9.95. The van der Waals surface area contributed by atoms with Gasteiger partial charge in [-0.1, -0.05) is 18.2 Å². The summed E-state index contributed by atoms with van der Waals surface area (Å²) in [5.74, 6) is 0. The molecule has 0 radical (unpaired) electrons. The summed E-state index contributed by atoms with van der Waals surface area (Å²) in [7, 11) is 0. The number of rotatable bonds is 2. The van der Waals surface area contributed by atoms with Gasteiger partial charge in [0, 0.05) is 36.7 Å². The Morgan fingerprint density at radius 3 is 2.15 bits per heavy atom. The van der Waals surface area contributed by atoms with Crippen LogP contribution >= 0.6 is 0 Å². The Kier molecular flexibility index (Phi) is 4.25. The molecule has 26 heavy (non-hydrogen) atoms. The Morgan fingerprint density at radius 2 is 1.46 bits per heavy atom. The van der Waals surface area contributed by atoms with Crippen LogP contribution in [-0.4, -0.2) is 18.1 Å². The van der Waals surface area contributed by atoms with Gasteiger partial charge in [0.05, 0.1) is 11.1 Å². The number of fused-ring (bicyclic) bond motifs is 1. The second-order valence-electron chi connectivity index (χ2n) is 6.63. The maximum atomic E-state index is 9.39. The third-order valence-corrected chi connectivity index (χ3v) is 5.02. The van der Waals surface area contributed by atoms with Crippen molar-refractivity contribution in [1.29, 1.82) is 10.5 Å². The highest BCUT2D eigenvalue weighted by Crippen LogP contribution is 2.31. The molecule has 4 rings (SSSR count). The highest BCUT2D eigenvalue weighted by atomic mass is 15.1.